The number of anilines is 1. The van der Waals surface area contributed by atoms with Crippen molar-refractivity contribution < 1.29 is 0 Å². The Morgan fingerprint density at radius 3 is 2.60 bits per heavy atom. The fraction of sp³-hybridized carbons (Fsp3) is 0.467. The normalized spacial score (nSPS) is 18.2. The summed E-state index contributed by atoms with van der Waals surface area (Å²) in [4.78, 5) is 2.46. The highest BCUT2D eigenvalue weighted by Crippen LogP contribution is 2.37. The Morgan fingerprint density at radius 1 is 1.20 bits per heavy atom. The summed E-state index contributed by atoms with van der Waals surface area (Å²) in [7, 11) is 0. The lowest BCUT2D eigenvalue weighted by atomic mass is 10.3. The van der Waals surface area contributed by atoms with E-state index in [0.29, 0.717) is 10.8 Å². The van der Waals surface area contributed by atoms with Crippen molar-refractivity contribution in [1.29, 1.82) is 0 Å². The lowest BCUT2D eigenvalue weighted by molar-refractivity contribution is 0.689. The Morgan fingerprint density at radius 2 is 1.95 bits per heavy atom. The van der Waals surface area contributed by atoms with Crippen molar-refractivity contribution in [3.05, 3.63) is 35.1 Å². The smallest absolute Gasteiger partial charge is 0.230 e. The monoisotopic (exact) mass is 286 g/mol. The molecule has 1 N–H and O–H groups in total. The minimum atomic E-state index is 0.656. The van der Waals surface area contributed by atoms with E-state index in [4.69, 9.17) is 12.2 Å². The lowest BCUT2D eigenvalue weighted by Gasteiger charge is -2.23. The summed E-state index contributed by atoms with van der Waals surface area (Å²) in [6, 6.07) is 10.9. The van der Waals surface area contributed by atoms with Crippen LogP contribution in [0, 0.1) is 10.7 Å². The van der Waals surface area contributed by atoms with E-state index in [-0.39, 0.29) is 0 Å². The predicted molar refractivity (Wildman–Crippen MR) is 81.8 cm³/mol. The first-order valence-corrected chi connectivity index (χ1v) is 7.73. The van der Waals surface area contributed by atoms with Crippen LogP contribution in [0.1, 0.15) is 25.7 Å². The average molecular weight is 286 g/mol. The number of hydrogen-bond donors (Lipinski definition) is 1. The second kappa shape index (κ2) is 4.74. The molecule has 2 aliphatic carbocycles. The third-order valence-electron chi connectivity index (χ3n) is 4.07. The Labute approximate surface area is 123 Å². The molecule has 0 radical (unpaired) electrons. The Kier molecular flexibility index (Phi) is 2.88. The molecule has 5 heteroatoms. The molecule has 2 saturated carbocycles. The summed E-state index contributed by atoms with van der Waals surface area (Å²) in [5.74, 6) is 1.83. The quantitative estimate of drug-likeness (QED) is 0.857. The molecule has 0 unspecified atom stereocenters. The Bertz CT molecular complexity index is 652. The molecule has 2 aliphatic rings. The molecule has 1 heterocycles. The highest BCUT2D eigenvalue weighted by Gasteiger charge is 2.36. The molecule has 0 bridgehead atoms. The van der Waals surface area contributed by atoms with Gasteiger partial charge in [0, 0.05) is 12.6 Å². The fourth-order valence-electron chi connectivity index (χ4n) is 2.65. The second-order valence-corrected chi connectivity index (χ2v) is 6.21. The van der Waals surface area contributed by atoms with Gasteiger partial charge in [0.05, 0.1) is 5.69 Å². The van der Waals surface area contributed by atoms with Crippen LogP contribution in [-0.4, -0.2) is 27.4 Å². The van der Waals surface area contributed by atoms with E-state index in [1.54, 1.807) is 0 Å². The van der Waals surface area contributed by atoms with Gasteiger partial charge in [0.2, 0.25) is 10.7 Å². The van der Waals surface area contributed by atoms with Gasteiger partial charge in [-0.25, -0.2) is 5.10 Å². The van der Waals surface area contributed by atoms with E-state index < -0.39 is 0 Å². The summed E-state index contributed by atoms with van der Waals surface area (Å²) >= 11 is 5.43. The van der Waals surface area contributed by atoms with E-state index in [0.717, 1.165) is 24.1 Å². The van der Waals surface area contributed by atoms with E-state index in [1.165, 1.54) is 25.7 Å². The predicted octanol–water partition coefficient (Wildman–Crippen LogP) is 3.31. The average Bonchev–Trinajstić information content (AvgIpc) is 3.36. The zero-order valence-corrected chi connectivity index (χ0v) is 12.1. The van der Waals surface area contributed by atoms with Crippen molar-refractivity contribution in [3.8, 4) is 5.69 Å². The number of nitrogens with zero attached hydrogens (tertiary/aromatic N) is 3. The largest absolute Gasteiger partial charge is 0.337 e. The maximum Gasteiger partial charge on any atom is 0.230 e. The molecule has 4 nitrogen and oxygen atoms in total. The van der Waals surface area contributed by atoms with Gasteiger partial charge in [0.25, 0.3) is 0 Å². The van der Waals surface area contributed by atoms with E-state index >= 15 is 0 Å². The number of aromatic nitrogens is 3. The van der Waals surface area contributed by atoms with E-state index in [2.05, 4.69) is 31.8 Å². The van der Waals surface area contributed by atoms with Crippen LogP contribution in [0.2, 0.25) is 0 Å². The van der Waals surface area contributed by atoms with Crippen molar-refractivity contribution in [2.75, 3.05) is 11.4 Å². The van der Waals surface area contributed by atoms with Crippen molar-refractivity contribution in [1.82, 2.24) is 14.8 Å². The van der Waals surface area contributed by atoms with Crippen LogP contribution < -0.4 is 4.90 Å². The van der Waals surface area contributed by atoms with Gasteiger partial charge in [-0.2, -0.15) is 0 Å². The first-order valence-electron chi connectivity index (χ1n) is 7.32. The molecular weight excluding hydrogens is 268 g/mol. The molecular formula is C15H18N4S. The molecule has 4 rings (SSSR count). The van der Waals surface area contributed by atoms with Gasteiger partial charge in [-0.3, -0.25) is 4.57 Å². The molecule has 104 valence electrons. The van der Waals surface area contributed by atoms with Crippen molar-refractivity contribution in [2.45, 2.75) is 31.7 Å². The zero-order valence-electron chi connectivity index (χ0n) is 11.3. The molecule has 0 atom stereocenters. The summed E-state index contributed by atoms with van der Waals surface area (Å²) in [5, 5.41) is 7.47. The summed E-state index contributed by atoms with van der Waals surface area (Å²) in [5.41, 5.74) is 1.09. The van der Waals surface area contributed by atoms with Crippen LogP contribution in [0.5, 0.6) is 0 Å². The maximum atomic E-state index is 5.43. The van der Waals surface area contributed by atoms with Gasteiger partial charge >= 0.3 is 0 Å². The van der Waals surface area contributed by atoms with Crippen molar-refractivity contribution >= 4 is 18.2 Å². The molecule has 2 aromatic rings. The summed E-state index contributed by atoms with van der Waals surface area (Å²) < 4.78 is 2.74. The maximum absolute atomic E-state index is 5.43. The van der Waals surface area contributed by atoms with Gasteiger partial charge < -0.3 is 4.90 Å². The first kappa shape index (κ1) is 12.1. The summed E-state index contributed by atoms with van der Waals surface area (Å²) in [6.07, 6.45) is 5.28. The van der Waals surface area contributed by atoms with Crippen LogP contribution in [0.3, 0.4) is 0 Å². The van der Waals surface area contributed by atoms with E-state index in [1.807, 2.05) is 18.2 Å². The second-order valence-electron chi connectivity index (χ2n) is 5.83. The molecule has 0 saturated heterocycles. The lowest BCUT2D eigenvalue weighted by Crippen LogP contribution is -2.30. The molecule has 1 aromatic heterocycles. The summed E-state index contributed by atoms with van der Waals surface area (Å²) in [6.45, 7) is 1.12. The minimum Gasteiger partial charge on any atom is -0.337 e. The number of nitrogens with one attached hydrogen (secondary N) is 1. The minimum absolute atomic E-state index is 0.656. The number of H-pyrrole nitrogens is 1. The van der Waals surface area contributed by atoms with Crippen LogP contribution in [0.15, 0.2) is 30.3 Å². The molecule has 2 fully saturated rings. The SMILES string of the molecule is S=c1[nH]nc(N(CC2CC2)C2CC2)n1-c1ccccc1. The molecule has 1 aromatic carbocycles. The van der Waals surface area contributed by atoms with Crippen molar-refractivity contribution in [3.63, 3.8) is 0 Å². The number of para-hydroxylation sites is 1. The number of rotatable bonds is 5. The number of aromatic amines is 1. The van der Waals surface area contributed by atoms with Crippen LogP contribution in [0.4, 0.5) is 5.95 Å². The number of hydrogen-bond acceptors (Lipinski definition) is 3. The van der Waals surface area contributed by atoms with Crippen LogP contribution in [0.25, 0.3) is 5.69 Å². The highest BCUT2D eigenvalue weighted by atomic mass is 32.1. The standard InChI is InChI=1S/C15H18N4S/c20-15-17-16-14(19(15)13-4-2-1-3-5-13)18(12-8-9-12)10-11-6-7-11/h1-5,11-12H,6-10H2,(H,17,20). The first-order chi connectivity index (χ1) is 9.83. The van der Waals surface area contributed by atoms with E-state index in [9.17, 15) is 0 Å². The van der Waals surface area contributed by atoms with Gasteiger partial charge in [-0.15, -0.1) is 5.10 Å². The van der Waals surface area contributed by atoms with Gasteiger partial charge in [-0.05, 0) is 56.0 Å². The van der Waals surface area contributed by atoms with Crippen LogP contribution >= 0.6 is 12.2 Å². The molecule has 20 heavy (non-hydrogen) atoms. The Hall–Kier alpha value is -1.62. The topological polar surface area (TPSA) is 36.9 Å². The molecule has 0 amide bonds. The number of benzene rings is 1. The highest BCUT2D eigenvalue weighted by molar-refractivity contribution is 7.71. The Balaban J connectivity index is 1.75. The fourth-order valence-corrected chi connectivity index (χ4v) is 2.88. The molecule has 0 spiro atoms. The third kappa shape index (κ3) is 2.26. The van der Waals surface area contributed by atoms with Gasteiger partial charge in [-0.1, -0.05) is 18.2 Å². The molecule has 0 aliphatic heterocycles. The van der Waals surface area contributed by atoms with Crippen LogP contribution in [-0.2, 0) is 0 Å². The van der Waals surface area contributed by atoms with Crippen molar-refractivity contribution in [2.24, 2.45) is 5.92 Å². The zero-order chi connectivity index (χ0) is 13.5. The third-order valence-corrected chi connectivity index (χ3v) is 4.34. The van der Waals surface area contributed by atoms with Gasteiger partial charge in [0.15, 0.2) is 0 Å². The van der Waals surface area contributed by atoms with Gasteiger partial charge in [0.1, 0.15) is 0 Å².